The molecule has 1 aliphatic carbocycles. The van der Waals surface area contributed by atoms with Gasteiger partial charge >= 0.3 is 0 Å². The number of piperazine rings is 1. The highest BCUT2D eigenvalue weighted by Gasteiger charge is 2.28. The Morgan fingerprint density at radius 2 is 1.44 bits per heavy atom. The molecule has 5 nitrogen and oxygen atoms in total. The number of nitrogens with one attached hydrogen (secondary N) is 1. The molecule has 0 bridgehead atoms. The molecule has 3 aromatic rings. The summed E-state index contributed by atoms with van der Waals surface area (Å²) in [5.74, 6) is -0.0240. The SMILES string of the molecule is Nc1cc(C(=O)NC2CC2)ccc1N1CCN(C(c2ccccc2)c2ccccc2)CC1. The molecule has 3 N–H and O–H groups in total. The molecule has 32 heavy (non-hydrogen) atoms. The summed E-state index contributed by atoms with van der Waals surface area (Å²) in [6.45, 7) is 3.68. The van der Waals surface area contributed by atoms with E-state index >= 15 is 0 Å². The first-order chi connectivity index (χ1) is 15.7. The highest BCUT2D eigenvalue weighted by atomic mass is 16.1. The maximum Gasteiger partial charge on any atom is 0.251 e. The van der Waals surface area contributed by atoms with Gasteiger partial charge in [-0.3, -0.25) is 9.69 Å². The number of rotatable bonds is 6. The molecule has 0 unspecified atom stereocenters. The molecule has 0 aromatic heterocycles. The average molecular weight is 427 g/mol. The van der Waals surface area contributed by atoms with Crippen LogP contribution < -0.4 is 16.0 Å². The fourth-order valence-corrected chi connectivity index (χ4v) is 4.59. The van der Waals surface area contributed by atoms with Gasteiger partial charge in [0.05, 0.1) is 17.4 Å². The summed E-state index contributed by atoms with van der Waals surface area (Å²) in [5, 5.41) is 3.03. The number of amides is 1. The van der Waals surface area contributed by atoms with E-state index in [-0.39, 0.29) is 11.9 Å². The van der Waals surface area contributed by atoms with Crippen LogP contribution in [0.25, 0.3) is 0 Å². The highest BCUT2D eigenvalue weighted by Crippen LogP contribution is 2.32. The molecule has 5 rings (SSSR count). The van der Waals surface area contributed by atoms with Crippen molar-refractivity contribution in [3.8, 4) is 0 Å². The number of carbonyl (C=O) groups is 1. The fraction of sp³-hybridized carbons (Fsp3) is 0.296. The van der Waals surface area contributed by atoms with E-state index in [0.29, 0.717) is 17.3 Å². The number of nitrogens with two attached hydrogens (primary N) is 1. The predicted molar refractivity (Wildman–Crippen MR) is 130 cm³/mol. The third-order valence-electron chi connectivity index (χ3n) is 6.45. The quantitative estimate of drug-likeness (QED) is 0.583. The molecule has 3 aromatic carbocycles. The third-order valence-corrected chi connectivity index (χ3v) is 6.45. The van der Waals surface area contributed by atoms with Crippen molar-refractivity contribution in [1.29, 1.82) is 0 Å². The van der Waals surface area contributed by atoms with Crippen LogP contribution in [0, 0.1) is 0 Å². The van der Waals surface area contributed by atoms with Crippen molar-refractivity contribution >= 4 is 17.3 Å². The summed E-state index contributed by atoms with van der Waals surface area (Å²) in [4.78, 5) is 17.2. The van der Waals surface area contributed by atoms with E-state index in [1.165, 1.54) is 11.1 Å². The van der Waals surface area contributed by atoms with Gasteiger partial charge in [-0.25, -0.2) is 0 Å². The lowest BCUT2D eigenvalue weighted by Crippen LogP contribution is -2.48. The second-order valence-corrected chi connectivity index (χ2v) is 8.77. The van der Waals surface area contributed by atoms with E-state index in [1.807, 2.05) is 18.2 Å². The molecular weight excluding hydrogens is 396 g/mol. The minimum absolute atomic E-state index is 0.0240. The van der Waals surface area contributed by atoms with Gasteiger partial charge in [0.15, 0.2) is 0 Å². The van der Waals surface area contributed by atoms with Gasteiger partial charge < -0.3 is 16.0 Å². The van der Waals surface area contributed by atoms with Crippen molar-refractivity contribution in [2.45, 2.75) is 24.9 Å². The van der Waals surface area contributed by atoms with Gasteiger partial charge in [0.25, 0.3) is 5.91 Å². The molecule has 5 heteroatoms. The first-order valence-corrected chi connectivity index (χ1v) is 11.5. The van der Waals surface area contributed by atoms with Gasteiger partial charge in [-0.05, 0) is 42.2 Å². The molecule has 1 aliphatic heterocycles. The van der Waals surface area contributed by atoms with E-state index < -0.39 is 0 Å². The van der Waals surface area contributed by atoms with Crippen molar-refractivity contribution < 1.29 is 4.79 Å². The summed E-state index contributed by atoms with van der Waals surface area (Å²) >= 11 is 0. The van der Waals surface area contributed by atoms with Gasteiger partial charge in [-0.15, -0.1) is 0 Å². The number of hydrogen-bond acceptors (Lipinski definition) is 4. The molecule has 0 spiro atoms. The van der Waals surface area contributed by atoms with Gasteiger partial charge in [0, 0.05) is 37.8 Å². The van der Waals surface area contributed by atoms with Crippen molar-refractivity contribution in [2.75, 3.05) is 36.8 Å². The standard InChI is InChI=1S/C27H30N4O/c28-24-19-22(27(32)29-23-12-13-23)11-14-25(24)30-15-17-31(18-16-30)26(20-7-3-1-4-8-20)21-9-5-2-6-10-21/h1-11,14,19,23,26H,12-13,15-18,28H2,(H,29,32). The Hall–Kier alpha value is -3.31. The number of carbonyl (C=O) groups excluding carboxylic acids is 1. The zero-order valence-corrected chi connectivity index (χ0v) is 18.3. The minimum atomic E-state index is -0.0240. The molecule has 2 aliphatic rings. The van der Waals surface area contributed by atoms with Crippen LogP contribution in [0.2, 0.25) is 0 Å². The van der Waals surface area contributed by atoms with Crippen molar-refractivity contribution in [3.05, 3.63) is 95.6 Å². The molecule has 1 heterocycles. The summed E-state index contributed by atoms with van der Waals surface area (Å²) in [6.07, 6.45) is 2.16. The van der Waals surface area contributed by atoms with Gasteiger partial charge in [0.1, 0.15) is 0 Å². The average Bonchev–Trinajstić information content (AvgIpc) is 3.65. The second-order valence-electron chi connectivity index (χ2n) is 8.77. The lowest BCUT2D eigenvalue weighted by atomic mass is 9.96. The van der Waals surface area contributed by atoms with Crippen LogP contribution in [-0.4, -0.2) is 43.0 Å². The molecule has 2 fully saturated rings. The van der Waals surface area contributed by atoms with Crippen molar-refractivity contribution in [1.82, 2.24) is 10.2 Å². The Balaban J connectivity index is 1.30. The minimum Gasteiger partial charge on any atom is -0.397 e. The number of nitrogens with zero attached hydrogens (tertiary/aromatic N) is 2. The highest BCUT2D eigenvalue weighted by molar-refractivity contribution is 5.96. The zero-order valence-electron chi connectivity index (χ0n) is 18.3. The number of nitrogen functional groups attached to an aromatic ring is 1. The van der Waals surface area contributed by atoms with Crippen LogP contribution in [0.4, 0.5) is 11.4 Å². The summed E-state index contributed by atoms with van der Waals surface area (Å²) in [6, 6.07) is 27.8. The van der Waals surface area contributed by atoms with E-state index in [4.69, 9.17) is 5.73 Å². The van der Waals surface area contributed by atoms with Crippen molar-refractivity contribution in [3.63, 3.8) is 0 Å². The monoisotopic (exact) mass is 426 g/mol. The van der Waals surface area contributed by atoms with E-state index in [2.05, 4.69) is 75.8 Å². The van der Waals surface area contributed by atoms with Gasteiger partial charge in [0.2, 0.25) is 0 Å². The summed E-state index contributed by atoms with van der Waals surface area (Å²) < 4.78 is 0. The Labute approximate surface area is 189 Å². The Kier molecular flexibility index (Phi) is 5.82. The van der Waals surface area contributed by atoms with Gasteiger partial charge in [-0.1, -0.05) is 60.7 Å². The van der Waals surface area contributed by atoms with Crippen LogP contribution in [0.15, 0.2) is 78.9 Å². The molecule has 1 saturated heterocycles. The molecular formula is C27H30N4O. The number of hydrogen-bond donors (Lipinski definition) is 2. The number of benzene rings is 3. The number of anilines is 2. The maximum absolute atomic E-state index is 12.3. The smallest absolute Gasteiger partial charge is 0.251 e. The topological polar surface area (TPSA) is 61.6 Å². The lowest BCUT2D eigenvalue weighted by molar-refractivity contribution is 0.0951. The largest absolute Gasteiger partial charge is 0.397 e. The Morgan fingerprint density at radius 3 is 1.97 bits per heavy atom. The summed E-state index contributed by atoms with van der Waals surface area (Å²) in [5.41, 5.74) is 11.3. The van der Waals surface area contributed by atoms with Crippen LogP contribution in [-0.2, 0) is 0 Å². The molecule has 1 amide bonds. The first kappa shape index (κ1) is 20.6. The lowest BCUT2D eigenvalue weighted by Gasteiger charge is -2.41. The first-order valence-electron chi connectivity index (χ1n) is 11.5. The maximum atomic E-state index is 12.3. The van der Waals surface area contributed by atoms with Crippen LogP contribution in [0.1, 0.15) is 40.4 Å². The molecule has 1 saturated carbocycles. The van der Waals surface area contributed by atoms with Crippen molar-refractivity contribution in [2.24, 2.45) is 0 Å². The van der Waals surface area contributed by atoms with E-state index in [1.54, 1.807) is 0 Å². The fourth-order valence-electron chi connectivity index (χ4n) is 4.59. The Morgan fingerprint density at radius 1 is 0.844 bits per heavy atom. The molecule has 164 valence electrons. The van der Waals surface area contributed by atoms with Crippen LogP contribution in [0.3, 0.4) is 0 Å². The van der Waals surface area contributed by atoms with Crippen LogP contribution in [0.5, 0.6) is 0 Å². The van der Waals surface area contributed by atoms with Gasteiger partial charge in [-0.2, -0.15) is 0 Å². The molecule has 0 atom stereocenters. The van der Waals surface area contributed by atoms with E-state index in [0.717, 1.165) is 44.7 Å². The zero-order chi connectivity index (χ0) is 21.9. The third kappa shape index (κ3) is 4.48. The molecule has 0 radical (unpaired) electrons. The Bertz CT molecular complexity index is 1020. The van der Waals surface area contributed by atoms with Crippen LogP contribution >= 0.6 is 0 Å². The normalized spacial score (nSPS) is 16.8. The predicted octanol–water partition coefficient (Wildman–Crippen LogP) is 4.07. The summed E-state index contributed by atoms with van der Waals surface area (Å²) in [7, 11) is 0. The second kappa shape index (κ2) is 9.05. The van der Waals surface area contributed by atoms with E-state index in [9.17, 15) is 4.79 Å².